The summed E-state index contributed by atoms with van der Waals surface area (Å²) < 4.78 is 6.72. The number of rotatable bonds is 5. The molecule has 1 heterocycles. The molecule has 0 spiro atoms. The Kier molecular flexibility index (Phi) is 4.37. The van der Waals surface area contributed by atoms with E-state index in [1.165, 1.54) is 0 Å². The molecular weight excluding hydrogens is 206 g/mol. The molecule has 1 aromatic rings. The van der Waals surface area contributed by atoms with E-state index < -0.39 is 0 Å². The molecule has 0 aliphatic rings. The Morgan fingerprint density at radius 1 is 1.62 bits per heavy atom. The minimum atomic E-state index is -0.123. The standard InChI is InChI=1S/C11H19N3O2/c1-8(2)14-7-9(12)6-10(14)11(15)13-4-5-16-3/h6-8H,4-5,12H2,1-3H3,(H,13,15). The van der Waals surface area contributed by atoms with Gasteiger partial charge in [-0.25, -0.2) is 0 Å². The molecule has 0 saturated heterocycles. The molecule has 0 saturated carbocycles. The fourth-order valence-electron chi connectivity index (χ4n) is 1.47. The van der Waals surface area contributed by atoms with Gasteiger partial charge in [0, 0.05) is 25.9 Å². The molecule has 5 heteroatoms. The summed E-state index contributed by atoms with van der Waals surface area (Å²) in [5.74, 6) is -0.123. The molecule has 0 radical (unpaired) electrons. The molecule has 0 aliphatic heterocycles. The fourth-order valence-corrected chi connectivity index (χ4v) is 1.47. The number of hydrogen-bond acceptors (Lipinski definition) is 3. The van der Waals surface area contributed by atoms with E-state index in [1.807, 2.05) is 18.4 Å². The third-order valence-corrected chi connectivity index (χ3v) is 2.25. The van der Waals surface area contributed by atoms with Gasteiger partial charge in [0.2, 0.25) is 0 Å². The number of aromatic nitrogens is 1. The number of nitrogens with two attached hydrogens (primary N) is 1. The summed E-state index contributed by atoms with van der Waals surface area (Å²) in [6.07, 6.45) is 1.77. The molecule has 90 valence electrons. The second-order valence-corrected chi connectivity index (χ2v) is 3.91. The topological polar surface area (TPSA) is 69.3 Å². The van der Waals surface area contributed by atoms with Crippen molar-refractivity contribution in [1.82, 2.24) is 9.88 Å². The number of methoxy groups -OCH3 is 1. The van der Waals surface area contributed by atoms with Crippen LogP contribution in [-0.2, 0) is 4.74 Å². The molecule has 1 amide bonds. The number of anilines is 1. The van der Waals surface area contributed by atoms with Gasteiger partial charge in [-0.1, -0.05) is 0 Å². The van der Waals surface area contributed by atoms with Crippen LogP contribution in [0.15, 0.2) is 12.3 Å². The summed E-state index contributed by atoms with van der Waals surface area (Å²) in [6.45, 7) is 5.01. The summed E-state index contributed by atoms with van der Waals surface area (Å²) in [5, 5.41) is 2.77. The Balaban J connectivity index is 2.74. The van der Waals surface area contributed by atoms with Crippen molar-refractivity contribution in [3.8, 4) is 0 Å². The highest BCUT2D eigenvalue weighted by Gasteiger charge is 2.13. The minimum absolute atomic E-state index is 0.123. The normalized spacial score (nSPS) is 10.8. The van der Waals surface area contributed by atoms with Gasteiger partial charge in [0.1, 0.15) is 5.69 Å². The van der Waals surface area contributed by atoms with E-state index >= 15 is 0 Å². The van der Waals surface area contributed by atoms with Crippen LogP contribution in [0.2, 0.25) is 0 Å². The van der Waals surface area contributed by atoms with Crippen LogP contribution in [0.25, 0.3) is 0 Å². The monoisotopic (exact) mass is 225 g/mol. The van der Waals surface area contributed by atoms with Crippen molar-refractivity contribution < 1.29 is 9.53 Å². The predicted molar refractivity (Wildman–Crippen MR) is 63.4 cm³/mol. The second kappa shape index (κ2) is 5.55. The molecule has 1 aromatic heterocycles. The lowest BCUT2D eigenvalue weighted by atomic mass is 10.3. The van der Waals surface area contributed by atoms with E-state index in [-0.39, 0.29) is 11.9 Å². The minimum Gasteiger partial charge on any atom is -0.397 e. The highest BCUT2D eigenvalue weighted by atomic mass is 16.5. The first-order valence-electron chi connectivity index (χ1n) is 5.30. The van der Waals surface area contributed by atoms with Gasteiger partial charge in [-0.3, -0.25) is 4.79 Å². The fraction of sp³-hybridized carbons (Fsp3) is 0.545. The number of nitrogen functional groups attached to an aromatic ring is 1. The van der Waals surface area contributed by atoms with Crippen LogP contribution in [0.5, 0.6) is 0 Å². The number of ether oxygens (including phenoxy) is 1. The smallest absolute Gasteiger partial charge is 0.268 e. The summed E-state index contributed by atoms with van der Waals surface area (Å²) in [7, 11) is 1.60. The maximum Gasteiger partial charge on any atom is 0.268 e. The summed E-state index contributed by atoms with van der Waals surface area (Å²) in [6, 6.07) is 1.89. The Bertz CT molecular complexity index is 358. The van der Waals surface area contributed by atoms with Gasteiger partial charge < -0.3 is 20.4 Å². The van der Waals surface area contributed by atoms with Crippen molar-refractivity contribution in [2.24, 2.45) is 0 Å². The average molecular weight is 225 g/mol. The number of nitrogens with one attached hydrogen (secondary N) is 1. The van der Waals surface area contributed by atoms with Gasteiger partial charge in [0.15, 0.2) is 0 Å². The first-order valence-corrected chi connectivity index (χ1v) is 5.30. The number of carbonyl (C=O) groups is 1. The van der Waals surface area contributed by atoms with Gasteiger partial charge >= 0.3 is 0 Å². The first kappa shape index (κ1) is 12.6. The van der Waals surface area contributed by atoms with Crippen LogP contribution in [0.1, 0.15) is 30.4 Å². The van der Waals surface area contributed by atoms with Crippen molar-refractivity contribution in [1.29, 1.82) is 0 Å². The van der Waals surface area contributed by atoms with Gasteiger partial charge in [0.05, 0.1) is 12.3 Å². The van der Waals surface area contributed by atoms with Crippen molar-refractivity contribution in [2.75, 3.05) is 26.0 Å². The Morgan fingerprint density at radius 3 is 2.88 bits per heavy atom. The number of carbonyl (C=O) groups excluding carboxylic acids is 1. The van der Waals surface area contributed by atoms with E-state index in [0.29, 0.717) is 24.5 Å². The van der Waals surface area contributed by atoms with Gasteiger partial charge in [-0.15, -0.1) is 0 Å². The SMILES string of the molecule is COCCNC(=O)c1cc(N)cn1C(C)C. The summed E-state index contributed by atoms with van der Waals surface area (Å²) >= 11 is 0. The molecule has 0 aromatic carbocycles. The highest BCUT2D eigenvalue weighted by molar-refractivity contribution is 5.93. The zero-order valence-corrected chi connectivity index (χ0v) is 9.99. The van der Waals surface area contributed by atoms with Crippen molar-refractivity contribution in [3.05, 3.63) is 18.0 Å². The van der Waals surface area contributed by atoms with E-state index in [9.17, 15) is 4.79 Å². The molecular formula is C11H19N3O2. The molecule has 1 rings (SSSR count). The van der Waals surface area contributed by atoms with Crippen LogP contribution in [0.4, 0.5) is 5.69 Å². The molecule has 0 bridgehead atoms. The third kappa shape index (κ3) is 3.00. The zero-order valence-electron chi connectivity index (χ0n) is 9.99. The lowest BCUT2D eigenvalue weighted by molar-refractivity contribution is 0.0926. The maximum absolute atomic E-state index is 11.8. The lowest BCUT2D eigenvalue weighted by Crippen LogP contribution is -2.29. The van der Waals surface area contributed by atoms with Gasteiger partial charge in [-0.2, -0.15) is 0 Å². The Morgan fingerprint density at radius 2 is 2.31 bits per heavy atom. The van der Waals surface area contributed by atoms with E-state index in [2.05, 4.69) is 5.32 Å². The largest absolute Gasteiger partial charge is 0.397 e. The van der Waals surface area contributed by atoms with Crippen molar-refractivity contribution in [3.63, 3.8) is 0 Å². The molecule has 0 unspecified atom stereocenters. The number of hydrogen-bond donors (Lipinski definition) is 2. The number of amides is 1. The average Bonchev–Trinajstić information content (AvgIpc) is 2.61. The van der Waals surface area contributed by atoms with Crippen LogP contribution in [-0.4, -0.2) is 30.7 Å². The Labute approximate surface area is 95.6 Å². The lowest BCUT2D eigenvalue weighted by Gasteiger charge is -2.12. The predicted octanol–water partition coefficient (Wildman–Crippen LogP) is 1.03. The Hall–Kier alpha value is -1.49. The van der Waals surface area contributed by atoms with Crippen LogP contribution < -0.4 is 11.1 Å². The molecule has 0 atom stereocenters. The van der Waals surface area contributed by atoms with E-state index in [1.54, 1.807) is 19.4 Å². The van der Waals surface area contributed by atoms with Crippen LogP contribution in [0.3, 0.4) is 0 Å². The van der Waals surface area contributed by atoms with Crippen molar-refractivity contribution in [2.45, 2.75) is 19.9 Å². The first-order chi connectivity index (χ1) is 7.56. The van der Waals surface area contributed by atoms with E-state index in [4.69, 9.17) is 10.5 Å². The molecule has 16 heavy (non-hydrogen) atoms. The summed E-state index contributed by atoms with van der Waals surface area (Å²) in [4.78, 5) is 11.8. The van der Waals surface area contributed by atoms with E-state index in [0.717, 1.165) is 0 Å². The summed E-state index contributed by atoms with van der Waals surface area (Å²) in [5.41, 5.74) is 6.87. The molecule has 3 N–H and O–H groups in total. The second-order valence-electron chi connectivity index (χ2n) is 3.91. The third-order valence-electron chi connectivity index (χ3n) is 2.25. The van der Waals surface area contributed by atoms with Crippen LogP contribution in [0, 0.1) is 0 Å². The molecule has 0 aliphatic carbocycles. The van der Waals surface area contributed by atoms with Crippen molar-refractivity contribution >= 4 is 11.6 Å². The van der Waals surface area contributed by atoms with Gasteiger partial charge in [-0.05, 0) is 19.9 Å². The van der Waals surface area contributed by atoms with Crippen LogP contribution >= 0.6 is 0 Å². The molecule has 0 fully saturated rings. The number of nitrogens with zero attached hydrogens (tertiary/aromatic N) is 1. The highest BCUT2D eigenvalue weighted by Crippen LogP contribution is 2.16. The zero-order chi connectivity index (χ0) is 12.1. The maximum atomic E-state index is 11.8. The molecule has 5 nitrogen and oxygen atoms in total. The van der Waals surface area contributed by atoms with Gasteiger partial charge in [0.25, 0.3) is 5.91 Å². The quantitative estimate of drug-likeness (QED) is 0.735.